The molecular formula is C11H17N11. The van der Waals surface area contributed by atoms with Crippen LogP contribution in [-0.4, -0.2) is 56.0 Å². The zero-order valence-corrected chi connectivity index (χ0v) is 11.7. The average Bonchev–Trinajstić information content (AvgIpc) is 2.51. The molecule has 0 bridgehead atoms. The molecule has 0 spiro atoms. The van der Waals surface area contributed by atoms with Crippen molar-refractivity contribution in [1.82, 2.24) is 56.0 Å². The Morgan fingerprint density at radius 3 is 1.59 bits per heavy atom. The summed E-state index contributed by atoms with van der Waals surface area (Å²) in [4.78, 5) is 11.1. The van der Waals surface area contributed by atoms with Crippen molar-refractivity contribution in [2.24, 2.45) is 0 Å². The van der Waals surface area contributed by atoms with Gasteiger partial charge in [-0.15, -0.1) is 30.6 Å². The van der Waals surface area contributed by atoms with Gasteiger partial charge in [-0.05, 0) is 31.2 Å². The Labute approximate surface area is 127 Å². The van der Waals surface area contributed by atoms with Crippen LogP contribution in [0.2, 0.25) is 0 Å². The van der Waals surface area contributed by atoms with Crippen molar-refractivity contribution < 1.29 is 0 Å². The minimum Gasteiger partial charge on any atom is -0.225 e. The summed E-state index contributed by atoms with van der Waals surface area (Å²) in [5, 5.41) is 27.6. The zero-order chi connectivity index (χ0) is 15.3. The molecule has 3 aromatic heterocycles. The molecule has 0 amide bonds. The standard InChI is InChI=1S/C4H5N3.2C3H4N4.CH4/c1-4-6-2-5-3-7-4;1-3-6-4-2-5-7-3;1-3-2-4-6-7-5-3;/h2-3H,1H3;2*2H,1H3;1H4. The number of aryl methyl sites for hydroxylation is 3. The van der Waals surface area contributed by atoms with Gasteiger partial charge in [0.2, 0.25) is 0 Å². The van der Waals surface area contributed by atoms with E-state index in [-0.39, 0.29) is 7.43 Å². The van der Waals surface area contributed by atoms with Crippen molar-refractivity contribution in [3.8, 4) is 0 Å². The Morgan fingerprint density at radius 1 is 0.682 bits per heavy atom. The Hall–Kier alpha value is -3.11. The SMILES string of the molecule is C.Cc1cnnnn1.Cc1ncncn1.Cc1nncnn1. The van der Waals surface area contributed by atoms with Crippen molar-refractivity contribution in [3.05, 3.63) is 42.5 Å². The predicted octanol–water partition coefficient (Wildman–Crippen LogP) is -0.0338. The van der Waals surface area contributed by atoms with Gasteiger partial charge in [-0.25, -0.2) is 15.0 Å². The first-order valence-corrected chi connectivity index (χ1v) is 5.71. The first kappa shape index (κ1) is 18.9. The van der Waals surface area contributed by atoms with Gasteiger partial charge in [0.05, 0.1) is 11.9 Å². The van der Waals surface area contributed by atoms with Crippen LogP contribution in [0.5, 0.6) is 0 Å². The lowest BCUT2D eigenvalue weighted by Crippen LogP contribution is -1.90. The van der Waals surface area contributed by atoms with Crippen molar-refractivity contribution >= 4 is 0 Å². The molecule has 0 aliphatic heterocycles. The summed E-state index contributed by atoms with van der Waals surface area (Å²) in [6, 6.07) is 0. The predicted molar refractivity (Wildman–Crippen MR) is 76.0 cm³/mol. The van der Waals surface area contributed by atoms with Crippen LogP contribution in [0.15, 0.2) is 25.2 Å². The van der Waals surface area contributed by atoms with Gasteiger partial charge in [0.15, 0.2) is 12.2 Å². The number of hydrogen-bond acceptors (Lipinski definition) is 11. The van der Waals surface area contributed by atoms with Crippen molar-refractivity contribution in [3.63, 3.8) is 0 Å². The Kier molecular flexibility index (Phi) is 10.0. The maximum atomic E-state index is 3.76. The fourth-order valence-electron chi connectivity index (χ4n) is 0.808. The number of rotatable bonds is 0. The molecule has 0 fully saturated rings. The summed E-state index contributed by atoms with van der Waals surface area (Å²) >= 11 is 0. The normalized spacial score (nSPS) is 8.32. The smallest absolute Gasteiger partial charge is 0.170 e. The van der Waals surface area contributed by atoms with Crippen LogP contribution in [0, 0.1) is 20.8 Å². The Balaban J connectivity index is 0.000000294. The number of hydrogen-bond donors (Lipinski definition) is 0. The van der Waals surface area contributed by atoms with E-state index in [2.05, 4.69) is 56.0 Å². The van der Waals surface area contributed by atoms with Gasteiger partial charge < -0.3 is 0 Å². The molecule has 22 heavy (non-hydrogen) atoms. The van der Waals surface area contributed by atoms with E-state index in [1.807, 2.05) is 13.8 Å². The lowest BCUT2D eigenvalue weighted by molar-refractivity contribution is 0.742. The lowest BCUT2D eigenvalue weighted by Gasteiger charge is -1.80. The maximum absolute atomic E-state index is 3.76. The zero-order valence-electron chi connectivity index (χ0n) is 11.7. The Bertz CT molecular complexity index is 501. The van der Waals surface area contributed by atoms with Crippen LogP contribution in [0.1, 0.15) is 24.8 Å². The topological polar surface area (TPSA) is 142 Å². The van der Waals surface area contributed by atoms with E-state index in [0.717, 1.165) is 11.5 Å². The average molecular weight is 303 g/mol. The maximum Gasteiger partial charge on any atom is 0.170 e. The Morgan fingerprint density at radius 2 is 1.32 bits per heavy atom. The fourth-order valence-corrected chi connectivity index (χ4v) is 0.808. The summed E-state index contributed by atoms with van der Waals surface area (Å²) in [7, 11) is 0. The molecule has 0 radical (unpaired) electrons. The second-order valence-corrected chi connectivity index (χ2v) is 3.44. The molecule has 11 heteroatoms. The molecule has 0 saturated heterocycles. The third-order valence-corrected chi connectivity index (χ3v) is 1.67. The molecule has 0 aliphatic rings. The molecule has 3 heterocycles. The molecule has 11 nitrogen and oxygen atoms in total. The highest BCUT2D eigenvalue weighted by atomic mass is 15.4. The van der Waals surface area contributed by atoms with E-state index in [4.69, 9.17) is 0 Å². The molecule has 116 valence electrons. The molecule has 3 aromatic rings. The molecule has 0 N–H and O–H groups in total. The van der Waals surface area contributed by atoms with Crippen LogP contribution in [0.3, 0.4) is 0 Å². The quantitative estimate of drug-likeness (QED) is 0.552. The summed E-state index contributed by atoms with van der Waals surface area (Å²) < 4.78 is 0. The molecule has 0 saturated carbocycles. The van der Waals surface area contributed by atoms with Crippen molar-refractivity contribution in [2.45, 2.75) is 28.2 Å². The van der Waals surface area contributed by atoms with E-state index in [1.54, 1.807) is 13.1 Å². The molecule has 0 aromatic carbocycles. The molecule has 0 unspecified atom stereocenters. The van der Waals surface area contributed by atoms with E-state index in [9.17, 15) is 0 Å². The minimum absolute atomic E-state index is 0. The van der Waals surface area contributed by atoms with Crippen molar-refractivity contribution in [2.75, 3.05) is 0 Å². The summed E-state index contributed by atoms with van der Waals surface area (Å²) in [5.41, 5.74) is 0.787. The summed E-state index contributed by atoms with van der Waals surface area (Å²) in [6.07, 6.45) is 5.80. The second kappa shape index (κ2) is 11.7. The summed E-state index contributed by atoms with van der Waals surface area (Å²) in [6.45, 7) is 5.36. The molecule has 0 atom stereocenters. The van der Waals surface area contributed by atoms with Crippen LogP contribution in [0.4, 0.5) is 0 Å². The monoisotopic (exact) mass is 303 g/mol. The van der Waals surface area contributed by atoms with E-state index in [1.165, 1.54) is 19.0 Å². The summed E-state index contributed by atoms with van der Waals surface area (Å²) in [5.74, 6) is 1.36. The number of aromatic nitrogens is 11. The minimum atomic E-state index is 0. The first-order valence-electron chi connectivity index (χ1n) is 5.71. The van der Waals surface area contributed by atoms with Gasteiger partial charge in [0, 0.05) is 0 Å². The van der Waals surface area contributed by atoms with E-state index >= 15 is 0 Å². The van der Waals surface area contributed by atoms with Crippen LogP contribution in [-0.2, 0) is 0 Å². The fraction of sp³-hybridized carbons (Fsp3) is 0.364. The van der Waals surface area contributed by atoms with Gasteiger partial charge in [-0.1, -0.05) is 7.43 Å². The van der Waals surface area contributed by atoms with Gasteiger partial charge >= 0.3 is 0 Å². The number of nitrogens with zero attached hydrogens (tertiary/aromatic N) is 11. The highest BCUT2D eigenvalue weighted by molar-refractivity contribution is 4.81. The lowest BCUT2D eigenvalue weighted by atomic mass is 10.6. The third-order valence-electron chi connectivity index (χ3n) is 1.67. The van der Waals surface area contributed by atoms with Crippen molar-refractivity contribution in [1.29, 1.82) is 0 Å². The van der Waals surface area contributed by atoms with Crippen LogP contribution < -0.4 is 0 Å². The largest absolute Gasteiger partial charge is 0.225 e. The van der Waals surface area contributed by atoms with Gasteiger partial charge in [0.1, 0.15) is 18.5 Å². The molecule has 3 rings (SSSR count). The van der Waals surface area contributed by atoms with Gasteiger partial charge in [-0.3, -0.25) is 0 Å². The molecular weight excluding hydrogens is 286 g/mol. The van der Waals surface area contributed by atoms with Crippen LogP contribution in [0.25, 0.3) is 0 Å². The van der Waals surface area contributed by atoms with E-state index < -0.39 is 0 Å². The van der Waals surface area contributed by atoms with Crippen LogP contribution >= 0.6 is 0 Å². The molecule has 0 aliphatic carbocycles. The second-order valence-electron chi connectivity index (χ2n) is 3.44. The van der Waals surface area contributed by atoms with E-state index in [0.29, 0.717) is 5.82 Å². The van der Waals surface area contributed by atoms with Gasteiger partial charge in [0.25, 0.3) is 0 Å². The first-order chi connectivity index (χ1) is 10.2. The third kappa shape index (κ3) is 9.77. The highest BCUT2D eigenvalue weighted by Crippen LogP contribution is 1.75. The van der Waals surface area contributed by atoms with Gasteiger partial charge in [-0.2, -0.15) is 0 Å². The highest BCUT2D eigenvalue weighted by Gasteiger charge is 1.78.